The number of carbonyl (C=O) groups is 3. The summed E-state index contributed by atoms with van der Waals surface area (Å²) >= 11 is 0. The normalized spacial score (nSPS) is 23.6. The number of rotatable bonds is 7. The standard InChI is InChI=1S/C33H48F5N5O3.C2HF3O2/c1-5-6-7-25-21-42(20-24-8-10-32(34,35)11-9-24)29(45)46-31(25)14-18-43(19-15-31)30(4)12-16-41(17-13-30)27(44)26-22(2)39-28(33(36,37)38)40-23(26)3;3-2(4,5)1(6)7/h24-25H,5-21H2,1-4H3;(H,6,7). The van der Waals surface area contributed by atoms with Crippen molar-refractivity contribution in [3.8, 4) is 0 Å². The van der Waals surface area contributed by atoms with E-state index in [1.54, 1.807) is 9.80 Å². The summed E-state index contributed by atoms with van der Waals surface area (Å²) in [6.45, 7) is 10.7. The smallest absolute Gasteiger partial charge is 0.475 e. The highest BCUT2D eigenvalue weighted by molar-refractivity contribution is 5.96. The van der Waals surface area contributed by atoms with E-state index in [-0.39, 0.29) is 59.2 Å². The first-order valence-electron chi connectivity index (χ1n) is 18.1. The highest BCUT2D eigenvalue weighted by Gasteiger charge is 2.52. The van der Waals surface area contributed by atoms with Crippen LogP contribution in [0.15, 0.2) is 0 Å². The van der Waals surface area contributed by atoms with Crippen molar-refractivity contribution in [2.45, 2.75) is 128 Å². The largest absolute Gasteiger partial charge is 0.490 e. The van der Waals surface area contributed by atoms with Crippen LogP contribution in [0.1, 0.15) is 112 Å². The van der Waals surface area contributed by atoms with Crippen LogP contribution in [0.3, 0.4) is 0 Å². The monoisotopic (exact) mass is 771 g/mol. The molecular weight excluding hydrogens is 722 g/mol. The summed E-state index contributed by atoms with van der Waals surface area (Å²) in [6.07, 6.45) is -3.61. The first-order valence-corrected chi connectivity index (χ1v) is 18.1. The zero-order valence-electron chi connectivity index (χ0n) is 30.5. The number of aliphatic carboxylic acids is 1. The van der Waals surface area contributed by atoms with Crippen LogP contribution in [0.25, 0.3) is 0 Å². The van der Waals surface area contributed by atoms with Gasteiger partial charge in [-0.2, -0.15) is 26.3 Å². The Hall–Kier alpha value is -3.31. The van der Waals surface area contributed by atoms with Gasteiger partial charge in [-0.1, -0.05) is 19.8 Å². The number of aromatic nitrogens is 2. The van der Waals surface area contributed by atoms with Crippen molar-refractivity contribution < 1.29 is 59.4 Å². The van der Waals surface area contributed by atoms with Gasteiger partial charge in [-0.05, 0) is 58.8 Å². The van der Waals surface area contributed by atoms with Gasteiger partial charge in [0, 0.05) is 76.4 Å². The molecule has 4 aliphatic rings. The van der Waals surface area contributed by atoms with Crippen molar-refractivity contribution in [3.05, 3.63) is 22.8 Å². The average molecular weight is 772 g/mol. The number of hydrogen-bond donors (Lipinski definition) is 1. The van der Waals surface area contributed by atoms with E-state index in [9.17, 15) is 44.7 Å². The Bertz CT molecular complexity index is 1440. The number of alkyl halides is 8. The molecule has 18 heteroatoms. The molecule has 3 saturated heterocycles. The molecule has 1 unspecified atom stereocenters. The molecule has 2 amide bonds. The minimum absolute atomic E-state index is 0.0259. The van der Waals surface area contributed by atoms with E-state index in [4.69, 9.17) is 14.6 Å². The maximum Gasteiger partial charge on any atom is 0.490 e. The van der Waals surface area contributed by atoms with Gasteiger partial charge in [-0.15, -0.1) is 0 Å². The SMILES string of the molecule is CCCCC1CN(CC2CCC(F)(F)CC2)C(=O)OC12CCN(C1(C)CCN(C(=O)c3c(C)nc(C(F)(F)F)nc3C)CC1)CC2.O=C(O)C(F)(F)F. The van der Waals surface area contributed by atoms with Gasteiger partial charge in [-0.25, -0.2) is 28.3 Å². The molecule has 5 rings (SSSR count). The molecule has 1 saturated carbocycles. The van der Waals surface area contributed by atoms with Gasteiger partial charge in [0.15, 0.2) is 0 Å². The average Bonchev–Trinajstić information content (AvgIpc) is 3.06. The molecule has 0 aromatic carbocycles. The molecule has 53 heavy (non-hydrogen) atoms. The summed E-state index contributed by atoms with van der Waals surface area (Å²) in [6, 6.07) is 0. The fourth-order valence-corrected chi connectivity index (χ4v) is 8.13. The van der Waals surface area contributed by atoms with Crippen molar-refractivity contribution >= 4 is 18.0 Å². The molecular formula is C35H49F8N5O5. The number of amides is 2. The minimum Gasteiger partial charge on any atom is -0.475 e. The molecule has 1 spiro atoms. The van der Waals surface area contributed by atoms with Gasteiger partial charge in [0.2, 0.25) is 11.7 Å². The maximum absolute atomic E-state index is 13.7. The van der Waals surface area contributed by atoms with Crippen molar-refractivity contribution in [2.24, 2.45) is 11.8 Å². The number of halogens is 8. The van der Waals surface area contributed by atoms with Crippen LogP contribution in [-0.4, -0.2) is 110 Å². The fourth-order valence-electron chi connectivity index (χ4n) is 8.13. The molecule has 1 N–H and O–H groups in total. The van der Waals surface area contributed by atoms with Crippen molar-refractivity contribution in [3.63, 3.8) is 0 Å². The Balaban J connectivity index is 0.000000815. The molecule has 300 valence electrons. The van der Waals surface area contributed by atoms with E-state index < -0.39 is 35.7 Å². The molecule has 4 fully saturated rings. The second-order valence-corrected chi connectivity index (χ2v) is 15.1. The Morgan fingerprint density at radius 1 is 0.906 bits per heavy atom. The first kappa shape index (κ1) is 42.4. The zero-order valence-corrected chi connectivity index (χ0v) is 30.5. The Labute approximate surface area is 303 Å². The minimum atomic E-state index is -5.08. The van der Waals surface area contributed by atoms with Crippen LogP contribution in [0, 0.1) is 25.7 Å². The number of carboxylic acids is 1. The van der Waals surface area contributed by atoms with Gasteiger partial charge in [0.1, 0.15) is 5.60 Å². The second kappa shape index (κ2) is 16.2. The Morgan fingerprint density at radius 2 is 1.43 bits per heavy atom. The summed E-state index contributed by atoms with van der Waals surface area (Å²) in [5.74, 6) is -6.68. The van der Waals surface area contributed by atoms with E-state index in [1.807, 2.05) is 0 Å². The summed E-state index contributed by atoms with van der Waals surface area (Å²) in [5, 5.41) is 7.12. The highest BCUT2D eigenvalue weighted by Crippen LogP contribution is 2.44. The number of hydrogen-bond acceptors (Lipinski definition) is 7. The third kappa shape index (κ3) is 10.3. The van der Waals surface area contributed by atoms with Crippen LogP contribution >= 0.6 is 0 Å². The number of aryl methyl sites for hydroxylation is 2. The quantitative estimate of drug-likeness (QED) is 0.281. The number of carboxylic acid groups (broad SMARTS) is 1. The topological polar surface area (TPSA) is 116 Å². The summed E-state index contributed by atoms with van der Waals surface area (Å²) in [4.78, 5) is 48.6. The molecule has 0 bridgehead atoms. The van der Waals surface area contributed by atoms with Crippen LogP contribution in [0.2, 0.25) is 0 Å². The van der Waals surface area contributed by atoms with Gasteiger partial charge in [-0.3, -0.25) is 9.69 Å². The molecule has 3 aliphatic heterocycles. The van der Waals surface area contributed by atoms with Gasteiger partial charge in [0.25, 0.3) is 5.91 Å². The molecule has 4 heterocycles. The molecule has 1 atom stereocenters. The van der Waals surface area contributed by atoms with Gasteiger partial charge < -0.3 is 19.6 Å². The van der Waals surface area contributed by atoms with Crippen LogP contribution in [-0.2, 0) is 15.7 Å². The number of ether oxygens (including phenoxy) is 1. The van der Waals surface area contributed by atoms with E-state index in [0.29, 0.717) is 51.9 Å². The number of piperidine rings is 2. The molecule has 1 aromatic rings. The summed E-state index contributed by atoms with van der Waals surface area (Å²) in [5.41, 5.74) is -0.532. The third-order valence-corrected chi connectivity index (χ3v) is 11.4. The van der Waals surface area contributed by atoms with E-state index in [0.717, 1.165) is 45.2 Å². The van der Waals surface area contributed by atoms with Crippen molar-refractivity contribution in [1.82, 2.24) is 24.7 Å². The lowest BCUT2D eigenvalue weighted by Gasteiger charge is -2.55. The number of nitrogens with zero attached hydrogens (tertiary/aromatic N) is 5. The third-order valence-electron chi connectivity index (χ3n) is 11.4. The van der Waals surface area contributed by atoms with Crippen molar-refractivity contribution in [2.75, 3.05) is 39.3 Å². The number of carbonyl (C=O) groups excluding carboxylic acids is 2. The van der Waals surface area contributed by atoms with Crippen LogP contribution in [0.4, 0.5) is 39.9 Å². The number of likely N-dealkylation sites (tertiary alicyclic amines) is 2. The molecule has 1 aromatic heterocycles. The first-order chi connectivity index (χ1) is 24.5. The maximum atomic E-state index is 13.7. The Kier molecular flexibility index (Phi) is 13.0. The lowest BCUT2D eigenvalue weighted by atomic mass is 9.74. The predicted molar refractivity (Wildman–Crippen MR) is 175 cm³/mol. The molecule has 1 aliphatic carbocycles. The lowest BCUT2D eigenvalue weighted by Crippen LogP contribution is -2.64. The predicted octanol–water partition coefficient (Wildman–Crippen LogP) is 7.66. The van der Waals surface area contributed by atoms with E-state index >= 15 is 0 Å². The van der Waals surface area contributed by atoms with Crippen LogP contribution in [0.5, 0.6) is 0 Å². The van der Waals surface area contributed by atoms with Gasteiger partial charge in [0.05, 0.1) is 17.0 Å². The molecule has 10 nitrogen and oxygen atoms in total. The van der Waals surface area contributed by atoms with Crippen LogP contribution < -0.4 is 0 Å². The summed E-state index contributed by atoms with van der Waals surface area (Å²) in [7, 11) is 0. The highest BCUT2D eigenvalue weighted by atomic mass is 19.4. The van der Waals surface area contributed by atoms with E-state index in [2.05, 4.69) is 28.7 Å². The fraction of sp³-hybridized carbons (Fsp3) is 0.800. The van der Waals surface area contributed by atoms with Crippen molar-refractivity contribution in [1.29, 1.82) is 0 Å². The lowest BCUT2D eigenvalue weighted by molar-refractivity contribution is -0.192. The zero-order chi connectivity index (χ0) is 39.6. The number of unbranched alkanes of at least 4 members (excludes halogenated alkanes) is 1. The van der Waals surface area contributed by atoms with E-state index in [1.165, 1.54) is 13.8 Å². The summed E-state index contributed by atoms with van der Waals surface area (Å²) < 4.78 is 105. The second-order valence-electron chi connectivity index (χ2n) is 15.1. The molecule has 0 radical (unpaired) electrons. The Morgan fingerprint density at radius 3 is 1.91 bits per heavy atom. The van der Waals surface area contributed by atoms with Gasteiger partial charge >= 0.3 is 24.4 Å².